The Morgan fingerprint density at radius 2 is 1.80 bits per heavy atom. The van der Waals surface area contributed by atoms with Gasteiger partial charge >= 0.3 is 0 Å². The van der Waals surface area contributed by atoms with Gasteiger partial charge in [0.15, 0.2) is 0 Å². The van der Waals surface area contributed by atoms with Crippen molar-refractivity contribution in [3.8, 4) is 0 Å². The zero-order valence-corrected chi connectivity index (χ0v) is 6.03. The van der Waals surface area contributed by atoms with Gasteiger partial charge in [0.25, 0.3) is 0 Å². The Kier molecular flexibility index (Phi) is 4.67. The summed E-state index contributed by atoms with van der Waals surface area (Å²) in [5.74, 6) is 0. The fourth-order valence-corrected chi connectivity index (χ4v) is 0.577. The first-order valence-corrected chi connectivity index (χ1v) is 3.21. The molecule has 0 fully saturated rings. The predicted octanol–water partition coefficient (Wildman–Crippen LogP) is -1.94. The second-order valence-corrected chi connectivity index (χ2v) is 2.14. The Morgan fingerprint density at radius 3 is 2.10 bits per heavy atom. The van der Waals surface area contributed by atoms with Crippen molar-refractivity contribution in [2.24, 2.45) is 0 Å². The molecule has 0 aromatic heterocycles. The molecular formula is C5H10O4S. The first-order chi connectivity index (χ1) is 4.63. The quantitative estimate of drug-likeness (QED) is 0.365. The lowest BCUT2D eigenvalue weighted by Gasteiger charge is -2.17. The Labute approximate surface area is 63.7 Å². The lowest BCUT2D eigenvalue weighted by atomic mass is 10.1. The molecule has 0 spiro atoms. The van der Waals surface area contributed by atoms with Crippen molar-refractivity contribution in [2.75, 3.05) is 6.61 Å². The number of hydrogen-bond donors (Lipinski definition) is 4. The van der Waals surface area contributed by atoms with Crippen LogP contribution in [0.3, 0.4) is 0 Å². The van der Waals surface area contributed by atoms with Crippen LogP contribution in [0.2, 0.25) is 0 Å². The Morgan fingerprint density at radius 1 is 1.30 bits per heavy atom. The Balaban J connectivity index is 3.80. The van der Waals surface area contributed by atoms with E-state index in [0.717, 1.165) is 5.37 Å². The van der Waals surface area contributed by atoms with Gasteiger partial charge in [-0.25, -0.2) is 0 Å². The summed E-state index contributed by atoms with van der Waals surface area (Å²) in [6.07, 6.45) is -4.01. The first-order valence-electron chi connectivity index (χ1n) is 2.73. The van der Waals surface area contributed by atoms with Gasteiger partial charge in [0.05, 0.1) is 6.61 Å². The van der Waals surface area contributed by atoms with E-state index in [2.05, 4.69) is 12.2 Å². The van der Waals surface area contributed by atoms with Crippen LogP contribution in [-0.4, -0.2) is 50.7 Å². The van der Waals surface area contributed by atoms with Crippen LogP contribution in [-0.2, 0) is 0 Å². The molecule has 60 valence electrons. The topological polar surface area (TPSA) is 80.9 Å². The average Bonchev–Trinajstić information content (AvgIpc) is 2.00. The van der Waals surface area contributed by atoms with Crippen LogP contribution in [0.1, 0.15) is 0 Å². The second kappa shape index (κ2) is 4.70. The summed E-state index contributed by atoms with van der Waals surface area (Å²) in [6.45, 7) is -0.596. The van der Waals surface area contributed by atoms with Crippen LogP contribution in [0.4, 0.5) is 0 Å². The molecule has 0 radical (unpaired) electrons. The number of hydrogen-bond acceptors (Lipinski definition) is 5. The highest BCUT2D eigenvalue weighted by molar-refractivity contribution is 7.79. The normalized spacial score (nSPS) is 19.6. The van der Waals surface area contributed by atoms with Gasteiger partial charge in [-0.2, -0.15) is 0 Å². The summed E-state index contributed by atoms with van der Waals surface area (Å²) >= 11 is 4.29. The maximum absolute atomic E-state index is 8.83. The Bertz CT molecular complexity index is 108. The fraction of sp³-hybridized carbons (Fsp3) is 0.800. The van der Waals surface area contributed by atoms with Crippen LogP contribution in [0, 0.1) is 0 Å². The van der Waals surface area contributed by atoms with Gasteiger partial charge in [0, 0.05) is 5.37 Å². The molecule has 0 saturated carbocycles. The molecule has 0 heterocycles. The van der Waals surface area contributed by atoms with Crippen molar-refractivity contribution >= 4 is 17.6 Å². The molecule has 0 aliphatic heterocycles. The third-order valence-corrected chi connectivity index (χ3v) is 1.35. The van der Waals surface area contributed by atoms with Gasteiger partial charge < -0.3 is 20.4 Å². The molecule has 0 amide bonds. The molecule has 0 aliphatic rings. The lowest BCUT2D eigenvalue weighted by Crippen LogP contribution is -2.39. The van der Waals surface area contributed by atoms with Crippen LogP contribution < -0.4 is 0 Å². The van der Waals surface area contributed by atoms with E-state index in [1.165, 1.54) is 0 Å². The van der Waals surface area contributed by atoms with Gasteiger partial charge in [-0.1, -0.05) is 12.2 Å². The molecular weight excluding hydrogens is 156 g/mol. The highest BCUT2D eigenvalue weighted by Crippen LogP contribution is 1.97. The predicted molar refractivity (Wildman–Crippen MR) is 38.8 cm³/mol. The molecule has 4 nitrogen and oxygen atoms in total. The molecule has 0 aliphatic carbocycles. The van der Waals surface area contributed by atoms with Gasteiger partial charge in [0.2, 0.25) is 0 Å². The van der Waals surface area contributed by atoms with E-state index in [1.54, 1.807) is 0 Å². The van der Waals surface area contributed by atoms with Gasteiger partial charge in [-0.3, -0.25) is 0 Å². The first kappa shape index (κ1) is 9.93. The summed E-state index contributed by atoms with van der Waals surface area (Å²) in [6, 6.07) is 0. The van der Waals surface area contributed by atoms with E-state index in [0.29, 0.717) is 0 Å². The van der Waals surface area contributed by atoms with E-state index in [4.69, 9.17) is 20.4 Å². The smallest absolute Gasteiger partial charge is 0.112 e. The number of thiocarbonyl (C=S) groups is 1. The summed E-state index contributed by atoms with van der Waals surface area (Å²) in [4.78, 5) is 0. The van der Waals surface area contributed by atoms with Crippen molar-refractivity contribution in [3.05, 3.63) is 0 Å². The maximum atomic E-state index is 8.83. The molecule has 3 atom stereocenters. The molecule has 0 saturated heterocycles. The maximum Gasteiger partial charge on any atom is 0.112 e. The second-order valence-electron chi connectivity index (χ2n) is 1.87. The monoisotopic (exact) mass is 166 g/mol. The molecule has 0 bridgehead atoms. The van der Waals surface area contributed by atoms with Crippen molar-refractivity contribution in [2.45, 2.75) is 18.3 Å². The van der Waals surface area contributed by atoms with E-state index in [1.807, 2.05) is 0 Å². The van der Waals surface area contributed by atoms with Crippen molar-refractivity contribution in [3.63, 3.8) is 0 Å². The van der Waals surface area contributed by atoms with Gasteiger partial charge in [-0.15, -0.1) is 0 Å². The van der Waals surface area contributed by atoms with Crippen LogP contribution >= 0.6 is 12.2 Å². The zero-order chi connectivity index (χ0) is 8.15. The summed E-state index contributed by atoms with van der Waals surface area (Å²) in [5, 5.41) is 35.5. The lowest BCUT2D eigenvalue weighted by molar-refractivity contribution is -0.0536. The SMILES string of the molecule is OC[C@H](O)[C@H](O)[C@@H](O)C=S. The molecule has 0 aromatic rings. The van der Waals surface area contributed by atoms with E-state index in [9.17, 15) is 0 Å². The molecule has 0 rings (SSSR count). The molecule has 0 unspecified atom stereocenters. The minimum absolute atomic E-state index is 0.596. The standard InChI is InChI=1S/C5H10O4S/c6-1-3(7)5(9)4(8)2-10/h2-9H,1H2/t3-,4-,5-/m0/s1. The summed E-state index contributed by atoms with van der Waals surface area (Å²) < 4.78 is 0. The van der Waals surface area contributed by atoms with E-state index >= 15 is 0 Å². The van der Waals surface area contributed by atoms with Crippen LogP contribution in [0.15, 0.2) is 0 Å². The molecule has 0 aromatic carbocycles. The number of aliphatic hydroxyl groups is 4. The molecule has 10 heavy (non-hydrogen) atoms. The minimum atomic E-state index is -1.40. The van der Waals surface area contributed by atoms with Crippen molar-refractivity contribution < 1.29 is 20.4 Å². The van der Waals surface area contributed by atoms with Gasteiger partial charge in [0.1, 0.15) is 18.3 Å². The van der Waals surface area contributed by atoms with Gasteiger partial charge in [-0.05, 0) is 0 Å². The molecule has 5 heteroatoms. The highest BCUT2D eigenvalue weighted by Gasteiger charge is 2.21. The van der Waals surface area contributed by atoms with E-state index in [-0.39, 0.29) is 0 Å². The van der Waals surface area contributed by atoms with Crippen molar-refractivity contribution in [1.82, 2.24) is 0 Å². The molecule has 4 N–H and O–H groups in total. The number of rotatable bonds is 4. The average molecular weight is 166 g/mol. The van der Waals surface area contributed by atoms with Crippen LogP contribution in [0.5, 0.6) is 0 Å². The van der Waals surface area contributed by atoms with Crippen LogP contribution in [0.25, 0.3) is 0 Å². The summed E-state index contributed by atoms with van der Waals surface area (Å²) in [5.41, 5.74) is 0. The Hall–Kier alpha value is -0.0700. The number of aliphatic hydroxyl groups excluding tert-OH is 4. The minimum Gasteiger partial charge on any atom is -0.394 e. The van der Waals surface area contributed by atoms with Crippen molar-refractivity contribution in [1.29, 1.82) is 0 Å². The zero-order valence-electron chi connectivity index (χ0n) is 5.21. The summed E-state index contributed by atoms with van der Waals surface area (Å²) in [7, 11) is 0. The highest BCUT2D eigenvalue weighted by atomic mass is 32.1. The third kappa shape index (κ3) is 2.68. The largest absolute Gasteiger partial charge is 0.394 e. The van der Waals surface area contributed by atoms with E-state index < -0.39 is 24.9 Å². The third-order valence-electron chi connectivity index (χ3n) is 1.07. The fourth-order valence-electron chi connectivity index (χ4n) is 0.416.